The van der Waals surface area contributed by atoms with Gasteiger partial charge >= 0.3 is 0 Å². The van der Waals surface area contributed by atoms with E-state index in [1.807, 2.05) is 0 Å². The van der Waals surface area contributed by atoms with Gasteiger partial charge in [-0.05, 0) is 110 Å². The number of allylic oxidation sites excluding steroid dienone is 2. The summed E-state index contributed by atoms with van der Waals surface area (Å²) in [4.78, 5) is 5.20. The van der Waals surface area contributed by atoms with E-state index in [4.69, 9.17) is 0 Å². The molecule has 0 heterocycles. The zero-order chi connectivity index (χ0) is 38.1. The summed E-state index contributed by atoms with van der Waals surface area (Å²) in [5.74, 6) is 0. The maximum atomic E-state index is 2.60. The molecule has 272 valence electrons. The van der Waals surface area contributed by atoms with Crippen LogP contribution in [0.2, 0.25) is 0 Å². The maximum absolute atomic E-state index is 2.60. The van der Waals surface area contributed by atoms with Gasteiger partial charge in [0.2, 0.25) is 0 Å². The van der Waals surface area contributed by atoms with Crippen molar-refractivity contribution >= 4 is 28.3 Å². The van der Waals surface area contributed by atoms with Crippen molar-refractivity contribution in [2.75, 3.05) is 9.80 Å². The standard InChI is InChI=1S/C54H46N2/c1-52(2)48-26-16-14-24-44(48)46-30-28-42(36-50(46)52)55(40-20-10-6-11-21-40)54(34-32-39(33-35-54)38-18-8-5-9-19-38)56(41-22-12-7-13-23-41)43-29-31-47-45-25-15-17-27-49(45)53(3,4)51(47)37-43/h5-34,36-37H,35H2,1-4H3. The third kappa shape index (κ3) is 5.16. The zero-order valence-electron chi connectivity index (χ0n) is 32.6. The van der Waals surface area contributed by atoms with Gasteiger partial charge in [0.05, 0.1) is 0 Å². The van der Waals surface area contributed by atoms with Crippen LogP contribution >= 0.6 is 0 Å². The highest BCUT2D eigenvalue weighted by molar-refractivity contribution is 5.88. The van der Waals surface area contributed by atoms with Crippen molar-refractivity contribution in [3.05, 3.63) is 222 Å². The van der Waals surface area contributed by atoms with Crippen molar-refractivity contribution in [2.45, 2.75) is 50.6 Å². The number of hydrogen-bond acceptors (Lipinski definition) is 2. The molecule has 7 aromatic rings. The van der Waals surface area contributed by atoms with Crippen LogP contribution in [-0.4, -0.2) is 5.66 Å². The number of benzene rings is 7. The predicted octanol–water partition coefficient (Wildman–Crippen LogP) is 14.0. The van der Waals surface area contributed by atoms with E-state index in [1.54, 1.807) is 0 Å². The molecule has 0 aromatic heterocycles. The van der Waals surface area contributed by atoms with Crippen molar-refractivity contribution in [3.63, 3.8) is 0 Å². The van der Waals surface area contributed by atoms with Gasteiger partial charge in [0, 0.05) is 40.0 Å². The topological polar surface area (TPSA) is 6.48 Å². The molecule has 0 saturated heterocycles. The van der Waals surface area contributed by atoms with Gasteiger partial charge in [-0.25, -0.2) is 0 Å². The minimum atomic E-state index is -0.686. The Morgan fingerprint density at radius 2 is 0.804 bits per heavy atom. The molecule has 3 aliphatic carbocycles. The minimum absolute atomic E-state index is 0.139. The van der Waals surface area contributed by atoms with E-state index in [0.717, 1.165) is 29.2 Å². The normalized spacial score (nSPS) is 16.2. The minimum Gasteiger partial charge on any atom is -0.314 e. The second kappa shape index (κ2) is 12.9. The third-order valence-electron chi connectivity index (χ3n) is 12.7. The molecular formula is C54H46N2. The van der Waals surface area contributed by atoms with Gasteiger partial charge in [-0.15, -0.1) is 0 Å². The summed E-state index contributed by atoms with van der Waals surface area (Å²) in [5.41, 5.74) is 16.9. The van der Waals surface area contributed by atoms with Crippen molar-refractivity contribution in [1.29, 1.82) is 0 Å². The van der Waals surface area contributed by atoms with Crippen LogP contribution in [0.25, 0.3) is 27.8 Å². The van der Waals surface area contributed by atoms with Crippen LogP contribution in [0.1, 0.15) is 61.9 Å². The lowest BCUT2D eigenvalue weighted by Gasteiger charge is -2.52. The maximum Gasteiger partial charge on any atom is 0.145 e. The molecule has 0 bridgehead atoms. The van der Waals surface area contributed by atoms with Crippen LogP contribution in [0.3, 0.4) is 0 Å². The number of para-hydroxylation sites is 2. The van der Waals surface area contributed by atoms with Crippen LogP contribution in [0.5, 0.6) is 0 Å². The summed E-state index contributed by atoms with van der Waals surface area (Å²) in [5, 5.41) is 0. The van der Waals surface area contributed by atoms with Gasteiger partial charge in [-0.1, -0.05) is 167 Å². The fourth-order valence-electron chi connectivity index (χ4n) is 9.91. The van der Waals surface area contributed by atoms with Crippen LogP contribution in [0.4, 0.5) is 22.7 Å². The van der Waals surface area contributed by atoms with Gasteiger partial charge in [0.15, 0.2) is 0 Å². The van der Waals surface area contributed by atoms with Gasteiger partial charge in [0.1, 0.15) is 5.66 Å². The number of anilines is 4. The lowest BCUT2D eigenvalue weighted by atomic mass is 9.81. The number of nitrogens with zero attached hydrogens (tertiary/aromatic N) is 2. The van der Waals surface area contributed by atoms with E-state index < -0.39 is 5.66 Å². The molecule has 0 N–H and O–H groups in total. The molecule has 0 amide bonds. The van der Waals surface area contributed by atoms with Crippen molar-refractivity contribution in [3.8, 4) is 22.3 Å². The van der Waals surface area contributed by atoms with Gasteiger partial charge in [-0.3, -0.25) is 0 Å². The lowest BCUT2D eigenvalue weighted by Crippen LogP contribution is -2.57. The Morgan fingerprint density at radius 3 is 1.25 bits per heavy atom. The summed E-state index contributed by atoms with van der Waals surface area (Å²) >= 11 is 0. The first kappa shape index (κ1) is 34.1. The highest BCUT2D eigenvalue weighted by Gasteiger charge is 2.46. The number of fused-ring (bicyclic) bond motifs is 6. The van der Waals surface area contributed by atoms with Gasteiger partial charge in [-0.2, -0.15) is 0 Å². The van der Waals surface area contributed by atoms with Crippen molar-refractivity contribution in [1.82, 2.24) is 0 Å². The molecule has 2 heteroatoms. The Balaban J connectivity index is 1.23. The Labute approximate surface area is 331 Å². The monoisotopic (exact) mass is 722 g/mol. The van der Waals surface area contributed by atoms with Crippen LogP contribution in [0.15, 0.2) is 194 Å². The number of hydrogen-bond donors (Lipinski definition) is 0. The molecule has 0 atom stereocenters. The molecule has 10 rings (SSSR count). The average Bonchev–Trinajstić information content (AvgIpc) is 3.61. The molecule has 7 aromatic carbocycles. The molecule has 0 radical (unpaired) electrons. The SMILES string of the molecule is CC1(C)c2ccccc2-c2ccc(N(c3ccccc3)C3(N(c4ccccc4)c4ccc5c(c4)C(C)(C)c4ccccc4-5)C=CC(c4ccccc4)=CC3)cc21. The molecule has 0 fully saturated rings. The van der Waals surface area contributed by atoms with Gasteiger partial charge in [0.25, 0.3) is 0 Å². The van der Waals surface area contributed by atoms with Crippen LogP contribution in [-0.2, 0) is 10.8 Å². The van der Waals surface area contributed by atoms with E-state index in [2.05, 4.69) is 232 Å². The lowest BCUT2D eigenvalue weighted by molar-refractivity contribution is 0.525. The van der Waals surface area contributed by atoms with Crippen molar-refractivity contribution < 1.29 is 0 Å². The molecule has 2 nitrogen and oxygen atoms in total. The fourth-order valence-corrected chi connectivity index (χ4v) is 9.91. The average molecular weight is 723 g/mol. The number of rotatable bonds is 7. The van der Waals surface area contributed by atoms with E-state index >= 15 is 0 Å². The molecule has 0 aliphatic heterocycles. The highest BCUT2D eigenvalue weighted by atomic mass is 15.4. The van der Waals surface area contributed by atoms with E-state index in [9.17, 15) is 0 Å². The summed E-state index contributed by atoms with van der Waals surface area (Å²) in [6.45, 7) is 9.50. The van der Waals surface area contributed by atoms with E-state index in [-0.39, 0.29) is 10.8 Å². The van der Waals surface area contributed by atoms with Crippen LogP contribution in [0, 0.1) is 0 Å². The predicted molar refractivity (Wildman–Crippen MR) is 236 cm³/mol. The zero-order valence-corrected chi connectivity index (χ0v) is 32.6. The smallest absolute Gasteiger partial charge is 0.145 e. The highest BCUT2D eigenvalue weighted by Crippen LogP contribution is 2.54. The van der Waals surface area contributed by atoms with Crippen molar-refractivity contribution in [2.24, 2.45) is 0 Å². The molecule has 0 saturated carbocycles. The van der Waals surface area contributed by atoms with E-state index in [1.165, 1.54) is 55.6 Å². The van der Waals surface area contributed by atoms with E-state index in [0.29, 0.717) is 0 Å². The quantitative estimate of drug-likeness (QED) is 0.151. The largest absolute Gasteiger partial charge is 0.314 e. The summed E-state index contributed by atoms with van der Waals surface area (Å²) in [6.07, 6.45) is 8.00. The fraction of sp³-hybridized carbons (Fsp3) is 0.148. The first-order valence-corrected chi connectivity index (χ1v) is 19.9. The Bertz CT molecular complexity index is 2520. The summed E-state index contributed by atoms with van der Waals surface area (Å²) in [7, 11) is 0. The molecular weight excluding hydrogens is 677 g/mol. The Hall–Kier alpha value is -6.38. The first-order chi connectivity index (χ1) is 27.3. The van der Waals surface area contributed by atoms with Crippen LogP contribution < -0.4 is 9.80 Å². The summed E-state index contributed by atoms with van der Waals surface area (Å²) in [6, 6.07) is 65.0. The molecule has 56 heavy (non-hydrogen) atoms. The summed E-state index contributed by atoms with van der Waals surface area (Å²) < 4.78 is 0. The molecule has 3 aliphatic rings. The Morgan fingerprint density at radius 1 is 0.393 bits per heavy atom. The van der Waals surface area contributed by atoms with Gasteiger partial charge < -0.3 is 9.80 Å². The Kier molecular flexibility index (Phi) is 7.83. The third-order valence-corrected chi connectivity index (χ3v) is 12.7. The molecule has 0 spiro atoms. The first-order valence-electron chi connectivity index (χ1n) is 19.9. The second-order valence-corrected chi connectivity index (χ2v) is 16.6. The molecule has 0 unspecified atom stereocenters. The second-order valence-electron chi connectivity index (χ2n) is 16.6.